The molecule has 2 aliphatic rings. The van der Waals surface area contributed by atoms with E-state index < -0.39 is 72.6 Å². The van der Waals surface area contributed by atoms with Crippen LogP contribution in [0.2, 0.25) is 0 Å². The molecule has 4 amide bonds. The fourth-order valence-electron chi connectivity index (χ4n) is 6.34. The van der Waals surface area contributed by atoms with Crippen molar-refractivity contribution in [3.8, 4) is 5.75 Å². The first-order valence-corrected chi connectivity index (χ1v) is 19.9. The molecule has 0 saturated carbocycles. The number of ether oxygens (including phenoxy) is 5. The molecule has 8 atom stereocenters. The molecule has 0 aromatic heterocycles. The monoisotopic (exact) mass is 842 g/mol. The first-order valence-electron chi connectivity index (χ1n) is 19.9. The summed E-state index contributed by atoms with van der Waals surface area (Å²) >= 11 is 0. The second-order valence-electron chi connectivity index (χ2n) is 14.8. The van der Waals surface area contributed by atoms with E-state index in [-0.39, 0.29) is 55.4 Å². The van der Waals surface area contributed by atoms with Crippen LogP contribution in [0.15, 0.2) is 18.2 Å². The lowest BCUT2D eigenvalue weighted by Crippen LogP contribution is -2.61. The topological polar surface area (TPSA) is 310 Å². The molecule has 21 heteroatoms. The van der Waals surface area contributed by atoms with Gasteiger partial charge in [0.05, 0.1) is 32.1 Å². The van der Waals surface area contributed by atoms with Crippen molar-refractivity contribution < 1.29 is 73.2 Å². The Morgan fingerprint density at radius 1 is 0.932 bits per heavy atom. The number of nitrogens with one attached hydrogen (secondary N) is 4. The number of rotatable bonds is 24. The number of hydrogen-bond acceptors (Lipinski definition) is 16. The molecule has 1 aromatic rings. The second-order valence-corrected chi connectivity index (χ2v) is 14.8. The first-order chi connectivity index (χ1) is 28.0. The summed E-state index contributed by atoms with van der Waals surface area (Å²) in [5, 5.41) is 61.6. The molecule has 2 saturated heterocycles. The summed E-state index contributed by atoms with van der Waals surface area (Å²) in [4.78, 5) is 64.1. The number of anilines is 1. The Morgan fingerprint density at radius 2 is 1.61 bits per heavy atom. The number of carboxylic acid groups (broad SMARTS) is 1. The fourth-order valence-corrected chi connectivity index (χ4v) is 6.34. The molecular formula is C38H62N6O15. The van der Waals surface area contributed by atoms with Crippen LogP contribution in [0.5, 0.6) is 5.75 Å². The number of piperidine rings is 1. The van der Waals surface area contributed by atoms with Crippen LogP contribution >= 0.6 is 0 Å². The number of benzene rings is 1. The van der Waals surface area contributed by atoms with Crippen LogP contribution in [-0.2, 0) is 44.7 Å². The summed E-state index contributed by atoms with van der Waals surface area (Å²) in [6.07, 6.45) is -7.50. The Hall–Kier alpha value is -4.19. The number of aliphatic hydroxyl groups excluding tert-OH is 4. The van der Waals surface area contributed by atoms with E-state index in [4.69, 9.17) is 29.4 Å². The molecule has 0 bridgehead atoms. The van der Waals surface area contributed by atoms with E-state index in [1.807, 2.05) is 0 Å². The maximum Gasteiger partial charge on any atom is 0.404 e. The summed E-state index contributed by atoms with van der Waals surface area (Å²) in [5.41, 5.74) is 5.27. The third kappa shape index (κ3) is 16.1. The Bertz CT molecular complexity index is 1510. The number of primary amides is 1. The fraction of sp³-hybridized carbons (Fsp3) is 0.711. The van der Waals surface area contributed by atoms with Gasteiger partial charge >= 0.3 is 12.1 Å². The standard InChI is InChI=1S/C38H62N6O15/c1-5-6-28(46)44-13-9-24(10-14-44)40-12-16-56-18-17-55-15-11-27(45)43-29(21(2)3)35(51)41-22(4)34(50)42-25-8-7-23(20-57-38(39)54)19-26(25)58-37-32(49)30(47)31(48)33(59-37)36(52)53/h7-8,19,21-22,24,28-33,37,40,46-49H,5-6,9-18,20H2,1-4H3,(H2,39,54)(H,41,51)(H,42,50)(H,43,45)(H,52,53)/t22-,28?,29-,30-,31-,32+,33-,37+/m0/s1. The van der Waals surface area contributed by atoms with Gasteiger partial charge in [-0.25, -0.2) is 9.59 Å². The van der Waals surface area contributed by atoms with E-state index in [0.717, 1.165) is 38.8 Å². The molecule has 0 spiro atoms. The van der Waals surface area contributed by atoms with Gasteiger partial charge in [-0.3, -0.25) is 19.3 Å². The molecule has 0 aliphatic carbocycles. The van der Waals surface area contributed by atoms with Crippen molar-refractivity contribution in [3.05, 3.63) is 23.8 Å². The summed E-state index contributed by atoms with van der Waals surface area (Å²) in [6.45, 7) is 10.2. The van der Waals surface area contributed by atoms with E-state index in [1.165, 1.54) is 25.1 Å². The van der Waals surface area contributed by atoms with Gasteiger partial charge in [-0.15, -0.1) is 0 Å². The van der Waals surface area contributed by atoms with Gasteiger partial charge in [-0.05, 0) is 49.8 Å². The predicted octanol–water partition coefficient (Wildman–Crippen LogP) is -1.27. The molecule has 2 fully saturated rings. The van der Waals surface area contributed by atoms with Crippen LogP contribution in [0, 0.1) is 5.92 Å². The lowest BCUT2D eigenvalue weighted by Gasteiger charge is -2.38. The zero-order valence-corrected chi connectivity index (χ0v) is 34.0. The van der Waals surface area contributed by atoms with Crippen LogP contribution in [0.25, 0.3) is 0 Å². The van der Waals surface area contributed by atoms with Crippen molar-refractivity contribution in [2.24, 2.45) is 11.7 Å². The minimum Gasteiger partial charge on any atom is -0.479 e. The van der Waals surface area contributed by atoms with Gasteiger partial charge in [0, 0.05) is 32.1 Å². The number of likely N-dealkylation sites (tertiary alicyclic amines) is 1. The highest BCUT2D eigenvalue weighted by Crippen LogP contribution is 2.31. The van der Waals surface area contributed by atoms with E-state index in [2.05, 4.69) is 33.1 Å². The first kappa shape index (κ1) is 49.2. The predicted molar refractivity (Wildman–Crippen MR) is 209 cm³/mol. The van der Waals surface area contributed by atoms with Crippen LogP contribution in [0.4, 0.5) is 10.5 Å². The summed E-state index contributed by atoms with van der Waals surface area (Å²) in [5.74, 6) is -4.07. The smallest absolute Gasteiger partial charge is 0.404 e. The Labute approximate surface area is 343 Å². The maximum atomic E-state index is 13.3. The molecular weight excluding hydrogens is 780 g/mol. The average Bonchev–Trinajstić information content (AvgIpc) is 3.19. The quantitative estimate of drug-likeness (QED) is 0.0543. The summed E-state index contributed by atoms with van der Waals surface area (Å²) in [7, 11) is 0. The molecule has 2 heterocycles. The number of aliphatic hydroxyl groups is 4. The van der Waals surface area contributed by atoms with Gasteiger partial charge in [0.1, 0.15) is 49.0 Å². The van der Waals surface area contributed by atoms with Gasteiger partial charge in [-0.2, -0.15) is 0 Å². The van der Waals surface area contributed by atoms with Gasteiger partial charge in [0.25, 0.3) is 0 Å². The molecule has 2 aliphatic heterocycles. The third-order valence-electron chi connectivity index (χ3n) is 9.78. The van der Waals surface area contributed by atoms with Crippen molar-refractivity contribution in [3.63, 3.8) is 0 Å². The zero-order valence-electron chi connectivity index (χ0n) is 34.0. The van der Waals surface area contributed by atoms with Crippen molar-refractivity contribution >= 4 is 35.5 Å². The molecule has 1 unspecified atom stereocenters. The Morgan fingerprint density at radius 3 is 2.24 bits per heavy atom. The number of nitrogens with zero attached hydrogens (tertiary/aromatic N) is 1. The molecule has 334 valence electrons. The molecule has 59 heavy (non-hydrogen) atoms. The number of carbonyl (C=O) groups excluding carboxylic acids is 4. The van der Waals surface area contributed by atoms with Crippen LogP contribution < -0.4 is 31.7 Å². The lowest BCUT2D eigenvalue weighted by atomic mass is 9.99. The highest BCUT2D eigenvalue weighted by Gasteiger charge is 2.48. The van der Waals surface area contributed by atoms with Crippen molar-refractivity contribution in [2.75, 3.05) is 51.4 Å². The number of nitrogens with two attached hydrogens (primary N) is 1. The molecule has 11 N–H and O–H groups in total. The molecule has 1 aromatic carbocycles. The number of carbonyl (C=O) groups is 5. The van der Waals surface area contributed by atoms with Crippen LogP contribution in [0.1, 0.15) is 65.4 Å². The van der Waals surface area contributed by atoms with E-state index in [0.29, 0.717) is 25.8 Å². The number of carboxylic acids is 1. The second kappa shape index (κ2) is 24.8. The van der Waals surface area contributed by atoms with E-state index in [1.54, 1.807) is 13.8 Å². The van der Waals surface area contributed by atoms with Crippen molar-refractivity contribution in [1.82, 2.24) is 20.9 Å². The van der Waals surface area contributed by atoms with Crippen LogP contribution in [0.3, 0.4) is 0 Å². The third-order valence-corrected chi connectivity index (χ3v) is 9.78. The molecule has 0 radical (unpaired) electrons. The highest BCUT2D eigenvalue weighted by atomic mass is 16.7. The number of amides is 4. The number of hydrogen-bond donors (Lipinski definition) is 10. The summed E-state index contributed by atoms with van der Waals surface area (Å²) in [6, 6.07) is 2.23. The lowest BCUT2D eigenvalue weighted by molar-refractivity contribution is -0.271. The Balaban J connectivity index is 1.44. The van der Waals surface area contributed by atoms with Crippen molar-refractivity contribution in [1.29, 1.82) is 0 Å². The normalized spacial score (nSPS) is 22.8. The minimum absolute atomic E-state index is 0.0222. The molecule has 3 rings (SSSR count). The highest BCUT2D eigenvalue weighted by molar-refractivity contribution is 5.99. The van der Waals surface area contributed by atoms with E-state index in [9.17, 15) is 49.5 Å². The minimum atomic E-state index is -1.98. The van der Waals surface area contributed by atoms with Gasteiger partial charge in [-0.1, -0.05) is 33.3 Å². The molecule has 21 nitrogen and oxygen atoms in total. The SMILES string of the molecule is CCCC(O)N1CCC(NCCOCCOCCC(=O)N[C@H](C(=O)N[C@@H](C)C(=O)Nc2ccc(COC(N)=O)cc2O[C@@H]2O[C@H](C(=O)O)[C@@H](O)[C@H](O)[C@H]2O)C(C)C)CC1. The largest absolute Gasteiger partial charge is 0.479 e. The van der Waals surface area contributed by atoms with Crippen LogP contribution in [-0.4, -0.2) is 161 Å². The summed E-state index contributed by atoms with van der Waals surface area (Å²) < 4.78 is 26.8. The average molecular weight is 843 g/mol. The van der Waals surface area contributed by atoms with Gasteiger partial charge in [0.2, 0.25) is 24.0 Å². The van der Waals surface area contributed by atoms with Gasteiger partial charge < -0.3 is 76.2 Å². The van der Waals surface area contributed by atoms with Gasteiger partial charge in [0.15, 0.2) is 6.10 Å². The van der Waals surface area contributed by atoms with E-state index >= 15 is 0 Å². The Kier molecular flexibility index (Phi) is 20.7. The maximum absolute atomic E-state index is 13.3. The number of aliphatic carboxylic acids is 1. The van der Waals surface area contributed by atoms with Crippen molar-refractivity contribution in [2.45, 2.75) is 121 Å². The zero-order chi connectivity index (χ0) is 43.6.